The fourth-order valence-corrected chi connectivity index (χ4v) is 4.12. The largest absolute Gasteiger partial charge is 0.489 e. The Kier molecular flexibility index (Phi) is 6.95. The molecule has 1 atom stereocenters. The zero-order chi connectivity index (χ0) is 24.9. The van der Waals surface area contributed by atoms with Crippen molar-refractivity contribution in [2.75, 3.05) is 30.1 Å². The number of carbonyl (C=O) groups is 1. The van der Waals surface area contributed by atoms with Gasteiger partial charge in [-0.25, -0.2) is 4.39 Å². The molecule has 0 spiro atoms. The molecule has 1 unspecified atom stereocenters. The van der Waals surface area contributed by atoms with E-state index in [-0.39, 0.29) is 24.4 Å². The third-order valence-electron chi connectivity index (χ3n) is 5.94. The molecule has 3 aromatic rings. The van der Waals surface area contributed by atoms with Gasteiger partial charge in [0, 0.05) is 30.0 Å². The first-order valence-electron chi connectivity index (χ1n) is 11.7. The standard InChI is InChI=1S/C28H26FN3O4/c1-2-28(33)31-25-13-20-15-30-18-32(26(20)14-27(25)36-24-10-11-34-17-24)22-6-8-23(9-7-22)35-16-19-4-3-5-21(29)12-19/h2-9,12-15,24H,1,10-11,16-18H2,(H,31,33). The Hall–Kier alpha value is -4.17. The first-order valence-corrected chi connectivity index (χ1v) is 11.7. The highest BCUT2D eigenvalue weighted by Crippen LogP contribution is 2.39. The number of ether oxygens (including phenoxy) is 3. The zero-order valence-corrected chi connectivity index (χ0v) is 19.7. The molecule has 8 heteroatoms. The van der Waals surface area contributed by atoms with Crippen molar-refractivity contribution >= 4 is 29.2 Å². The van der Waals surface area contributed by atoms with Gasteiger partial charge >= 0.3 is 0 Å². The second-order valence-corrected chi connectivity index (χ2v) is 8.50. The van der Waals surface area contributed by atoms with Gasteiger partial charge in [0.05, 0.1) is 24.6 Å². The van der Waals surface area contributed by atoms with Crippen LogP contribution in [0.3, 0.4) is 0 Å². The van der Waals surface area contributed by atoms with Gasteiger partial charge in [0.1, 0.15) is 36.7 Å². The van der Waals surface area contributed by atoms with Crippen LogP contribution in [-0.2, 0) is 16.1 Å². The molecule has 1 fully saturated rings. The Morgan fingerprint density at radius 3 is 2.83 bits per heavy atom. The van der Waals surface area contributed by atoms with Crippen molar-refractivity contribution in [3.8, 4) is 11.5 Å². The zero-order valence-electron chi connectivity index (χ0n) is 19.7. The number of fused-ring (bicyclic) bond motifs is 1. The van der Waals surface area contributed by atoms with Crippen LogP contribution >= 0.6 is 0 Å². The minimum absolute atomic E-state index is 0.0809. The van der Waals surface area contributed by atoms with E-state index >= 15 is 0 Å². The van der Waals surface area contributed by atoms with Crippen LogP contribution in [-0.4, -0.2) is 38.1 Å². The number of aliphatic imine (C=N–C) groups is 1. The molecule has 2 aliphatic rings. The van der Waals surface area contributed by atoms with E-state index in [0.29, 0.717) is 37.1 Å². The molecule has 0 bridgehead atoms. The van der Waals surface area contributed by atoms with Gasteiger partial charge in [-0.05, 0) is 54.1 Å². The van der Waals surface area contributed by atoms with Crippen LogP contribution in [0, 0.1) is 5.82 Å². The maximum absolute atomic E-state index is 13.4. The summed E-state index contributed by atoms with van der Waals surface area (Å²) in [6.45, 7) is 5.40. The molecule has 5 rings (SSSR count). The van der Waals surface area contributed by atoms with Crippen molar-refractivity contribution in [3.05, 3.63) is 90.3 Å². The predicted molar refractivity (Wildman–Crippen MR) is 137 cm³/mol. The summed E-state index contributed by atoms with van der Waals surface area (Å²) >= 11 is 0. The number of hydrogen-bond donors (Lipinski definition) is 1. The van der Waals surface area contributed by atoms with Crippen LogP contribution in [0.5, 0.6) is 11.5 Å². The van der Waals surface area contributed by atoms with Crippen molar-refractivity contribution in [2.24, 2.45) is 4.99 Å². The molecule has 1 N–H and O–H groups in total. The van der Waals surface area contributed by atoms with Gasteiger partial charge in [0.15, 0.2) is 0 Å². The van der Waals surface area contributed by atoms with E-state index in [1.165, 1.54) is 18.2 Å². The minimum atomic E-state index is -0.319. The number of halogens is 1. The van der Waals surface area contributed by atoms with E-state index in [1.807, 2.05) is 42.5 Å². The summed E-state index contributed by atoms with van der Waals surface area (Å²) in [5.74, 6) is 0.638. The first-order chi connectivity index (χ1) is 17.6. The molecule has 0 radical (unpaired) electrons. The fourth-order valence-electron chi connectivity index (χ4n) is 4.12. The molecule has 2 heterocycles. The second-order valence-electron chi connectivity index (χ2n) is 8.50. The number of rotatable bonds is 8. The monoisotopic (exact) mass is 487 g/mol. The van der Waals surface area contributed by atoms with Gasteiger partial charge < -0.3 is 24.4 Å². The van der Waals surface area contributed by atoms with Crippen molar-refractivity contribution < 1.29 is 23.4 Å². The maximum Gasteiger partial charge on any atom is 0.247 e. The van der Waals surface area contributed by atoms with E-state index in [0.717, 1.165) is 28.9 Å². The van der Waals surface area contributed by atoms with E-state index in [1.54, 1.807) is 12.3 Å². The van der Waals surface area contributed by atoms with Crippen LogP contribution in [0.4, 0.5) is 21.5 Å². The number of anilines is 3. The fraction of sp³-hybridized carbons (Fsp3) is 0.214. The van der Waals surface area contributed by atoms with Gasteiger partial charge in [-0.3, -0.25) is 9.79 Å². The Bertz CT molecular complexity index is 1290. The predicted octanol–water partition coefficient (Wildman–Crippen LogP) is 5.23. The summed E-state index contributed by atoms with van der Waals surface area (Å²) in [7, 11) is 0. The second kappa shape index (κ2) is 10.6. The Morgan fingerprint density at radius 1 is 1.22 bits per heavy atom. The van der Waals surface area contributed by atoms with Gasteiger partial charge in [0.2, 0.25) is 5.91 Å². The van der Waals surface area contributed by atoms with Crippen LogP contribution in [0.2, 0.25) is 0 Å². The number of carbonyl (C=O) groups excluding carboxylic acids is 1. The Labute approximate surface area is 208 Å². The summed E-state index contributed by atoms with van der Waals surface area (Å²) in [4.78, 5) is 18.6. The third kappa shape index (κ3) is 5.39. The molecular formula is C28H26FN3O4. The number of hydrogen-bond acceptors (Lipinski definition) is 6. The SMILES string of the molecule is C=CC(=O)Nc1cc2c(cc1OC1CCOC1)N(c1ccc(OCc3cccc(F)c3)cc1)CN=C2. The normalized spacial score (nSPS) is 16.4. The maximum atomic E-state index is 13.4. The first kappa shape index (κ1) is 23.6. The molecule has 0 aliphatic carbocycles. The molecular weight excluding hydrogens is 461 g/mol. The summed E-state index contributed by atoms with van der Waals surface area (Å²) < 4.78 is 30.9. The molecule has 36 heavy (non-hydrogen) atoms. The molecule has 3 aromatic carbocycles. The van der Waals surface area contributed by atoms with E-state index in [9.17, 15) is 9.18 Å². The van der Waals surface area contributed by atoms with Crippen LogP contribution in [0.25, 0.3) is 0 Å². The lowest BCUT2D eigenvalue weighted by atomic mass is 10.1. The molecule has 7 nitrogen and oxygen atoms in total. The lowest BCUT2D eigenvalue weighted by Crippen LogP contribution is -2.23. The lowest BCUT2D eigenvalue weighted by Gasteiger charge is -2.29. The number of nitrogens with one attached hydrogen (secondary N) is 1. The van der Waals surface area contributed by atoms with Crippen LogP contribution in [0.1, 0.15) is 17.5 Å². The quantitative estimate of drug-likeness (QED) is 0.441. The third-order valence-corrected chi connectivity index (χ3v) is 5.94. The van der Waals surface area contributed by atoms with Gasteiger partial charge in [-0.15, -0.1) is 0 Å². The van der Waals surface area contributed by atoms with Gasteiger partial charge in [-0.1, -0.05) is 18.7 Å². The van der Waals surface area contributed by atoms with Gasteiger partial charge in [0.25, 0.3) is 0 Å². The average Bonchev–Trinajstić information content (AvgIpc) is 3.41. The number of amides is 1. The van der Waals surface area contributed by atoms with E-state index in [4.69, 9.17) is 14.2 Å². The molecule has 184 valence electrons. The average molecular weight is 488 g/mol. The minimum Gasteiger partial charge on any atom is -0.489 e. The Balaban J connectivity index is 1.38. The number of nitrogens with zero attached hydrogens (tertiary/aromatic N) is 2. The van der Waals surface area contributed by atoms with Crippen molar-refractivity contribution in [1.29, 1.82) is 0 Å². The molecule has 1 amide bonds. The van der Waals surface area contributed by atoms with E-state index in [2.05, 4.69) is 21.8 Å². The van der Waals surface area contributed by atoms with Crippen LogP contribution in [0.15, 0.2) is 78.3 Å². The highest BCUT2D eigenvalue weighted by Gasteiger charge is 2.23. The van der Waals surface area contributed by atoms with Gasteiger partial charge in [-0.2, -0.15) is 0 Å². The molecule has 2 aliphatic heterocycles. The Morgan fingerprint density at radius 2 is 2.08 bits per heavy atom. The molecule has 1 saturated heterocycles. The van der Waals surface area contributed by atoms with Crippen LogP contribution < -0.4 is 19.7 Å². The number of benzene rings is 3. The highest BCUT2D eigenvalue weighted by atomic mass is 19.1. The summed E-state index contributed by atoms with van der Waals surface area (Å²) in [6.07, 6.45) is 3.71. The van der Waals surface area contributed by atoms with Crippen molar-refractivity contribution in [2.45, 2.75) is 19.1 Å². The lowest BCUT2D eigenvalue weighted by molar-refractivity contribution is -0.111. The smallest absolute Gasteiger partial charge is 0.247 e. The molecule has 0 aromatic heterocycles. The summed E-state index contributed by atoms with van der Waals surface area (Å²) in [5.41, 5.74) is 3.99. The summed E-state index contributed by atoms with van der Waals surface area (Å²) in [6, 6.07) is 17.8. The van der Waals surface area contributed by atoms with E-state index < -0.39 is 0 Å². The molecule has 0 saturated carbocycles. The topological polar surface area (TPSA) is 72.4 Å². The highest BCUT2D eigenvalue weighted by molar-refractivity contribution is 6.02. The van der Waals surface area contributed by atoms with Crippen molar-refractivity contribution in [3.63, 3.8) is 0 Å². The van der Waals surface area contributed by atoms with Crippen molar-refractivity contribution in [1.82, 2.24) is 0 Å². The summed E-state index contributed by atoms with van der Waals surface area (Å²) in [5, 5.41) is 2.83.